The first-order valence-corrected chi connectivity index (χ1v) is 9.70. The van der Waals surface area contributed by atoms with Crippen LogP contribution in [-0.4, -0.2) is 64.1 Å². The Hall–Kier alpha value is -1.89. The quantitative estimate of drug-likeness (QED) is 0.807. The number of ether oxygens (including phenoxy) is 1. The van der Waals surface area contributed by atoms with E-state index in [-0.39, 0.29) is 6.61 Å². The van der Waals surface area contributed by atoms with Gasteiger partial charge < -0.3 is 9.84 Å². The Kier molecular flexibility index (Phi) is 6.52. The molecule has 1 N–H and O–H groups in total. The summed E-state index contributed by atoms with van der Waals surface area (Å²) in [5, 5.41) is 13.9. The number of hydrogen-bond donors (Lipinski definition) is 1. The highest BCUT2D eigenvalue weighted by Gasteiger charge is 2.27. The second-order valence-corrected chi connectivity index (χ2v) is 7.55. The van der Waals surface area contributed by atoms with Gasteiger partial charge in [-0.3, -0.25) is 14.5 Å². The number of methoxy groups -OCH3 is 1. The van der Waals surface area contributed by atoms with Crippen LogP contribution in [0.4, 0.5) is 0 Å². The van der Waals surface area contributed by atoms with E-state index in [4.69, 9.17) is 4.74 Å². The summed E-state index contributed by atoms with van der Waals surface area (Å²) in [6.45, 7) is 9.29. The Morgan fingerprint density at radius 2 is 2.04 bits per heavy atom. The highest BCUT2D eigenvalue weighted by atomic mass is 16.5. The van der Waals surface area contributed by atoms with Crippen molar-refractivity contribution in [3.63, 3.8) is 0 Å². The summed E-state index contributed by atoms with van der Waals surface area (Å²) >= 11 is 0. The van der Waals surface area contributed by atoms with E-state index >= 15 is 0 Å². The molecule has 148 valence electrons. The van der Waals surface area contributed by atoms with Crippen molar-refractivity contribution >= 4 is 0 Å². The molecule has 0 radical (unpaired) electrons. The maximum Gasteiger partial charge on any atom is 0.121 e. The zero-order chi connectivity index (χ0) is 19.4. The van der Waals surface area contributed by atoms with E-state index in [1.807, 2.05) is 24.0 Å². The molecule has 6 nitrogen and oxygen atoms in total. The minimum atomic E-state index is 0.225. The number of benzene rings is 1. The number of aryl methyl sites for hydroxylation is 2. The van der Waals surface area contributed by atoms with Gasteiger partial charge in [-0.25, -0.2) is 0 Å². The molecule has 0 saturated carbocycles. The summed E-state index contributed by atoms with van der Waals surface area (Å²) < 4.78 is 7.30. The summed E-state index contributed by atoms with van der Waals surface area (Å²) in [6, 6.07) is 6.77. The van der Waals surface area contributed by atoms with Gasteiger partial charge in [0.15, 0.2) is 0 Å². The van der Waals surface area contributed by atoms with E-state index in [1.165, 1.54) is 22.4 Å². The number of aliphatic hydroxyl groups excluding tert-OH is 1. The number of nitrogens with zero attached hydrogens (tertiary/aromatic N) is 4. The van der Waals surface area contributed by atoms with Gasteiger partial charge in [0, 0.05) is 63.7 Å². The highest BCUT2D eigenvalue weighted by molar-refractivity contribution is 5.36. The third-order valence-electron chi connectivity index (χ3n) is 5.73. The van der Waals surface area contributed by atoms with Crippen molar-refractivity contribution in [2.45, 2.75) is 39.4 Å². The molecule has 1 aromatic heterocycles. The third kappa shape index (κ3) is 4.69. The maximum absolute atomic E-state index is 9.56. The molecule has 0 amide bonds. The van der Waals surface area contributed by atoms with Gasteiger partial charge in [-0.1, -0.05) is 12.1 Å². The smallest absolute Gasteiger partial charge is 0.121 e. The number of aliphatic hydroxyl groups is 1. The Morgan fingerprint density at radius 1 is 1.22 bits per heavy atom. The van der Waals surface area contributed by atoms with Gasteiger partial charge in [0.05, 0.1) is 13.3 Å². The number of hydrogen-bond acceptors (Lipinski definition) is 5. The van der Waals surface area contributed by atoms with Gasteiger partial charge in [-0.15, -0.1) is 0 Å². The van der Waals surface area contributed by atoms with Gasteiger partial charge in [-0.2, -0.15) is 5.10 Å². The SMILES string of the molecule is COc1ccc(CN2CCN(Cc3cnn(C)c3C)C[C@H]2CCO)cc1C. The van der Waals surface area contributed by atoms with Crippen LogP contribution < -0.4 is 4.74 Å². The lowest BCUT2D eigenvalue weighted by molar-refractivity contribution is 0.0498. The predicted octanol–water partition coefficient (Wildman–Crippen LogP) is 2.11. The van der Waals surface area contributed by atoms with Gasteiger partial charge in [0.1, 0.15) is 5.75 Å². The average molecular weight is 373 g/mol. The largest absolute Gasteiger partial charge is 0.496 e. The molecule has 1 atom stereocenters. The summed E-state index contributed by atoms with van der Waals surface area (Å²) in [7, 11) is 3.70. The average Bonchev–Trinajstić information content (AvgIpc) is 2.96. The molecule has 1 saturated heterocycles. The molecule has 6 heteroatoms. The van der Waals surface area contributed by atoms with Gasteiger partial charge in [-0.05, 0) is 37.5 Å². The standard InChI is InChI=1S/C21H32N4O2/c1-16-11-18(5-6-21(16)27-4)13-25-9-8-24(15-20(25)7-10-26)14-19-12-22-23(3)17(19)2/h5-6,11-12,20,26H,7-10,13-15H2,1-4H3/t20-/m1/s1. The van der Waals surface area contributed by atoms with E-state index < -0.39 is 0 Å². The van der Waals surface area contributed by atoms with Crippen molar-refractivity contribution in [3.8, 4) is 5.75 Å². The molecule has 2 heterocycles. The van der Waals surface area contributed by atoms with E-state index in [0.29, 0.717) is 6.04 Å². The van der Waals surface area contributed by atoms with E-state index in [2.05, 4.69) is 40.9 Å². The fourth-order valence-corrected chi connectivity index (χ4v) is 3.95. The van der Waals surface area contributed by atoms with Crippen molar-refractivity contribution in [1.29, 1.82) is 0 Å². The highest BCUT2D eigenvalue weighted by Crippen LogP contribution is 2.23. The molecule has 0 spiro atoms. The van der Waals surface area contributed by atoms with Crippen LogP contribution in [-0.2, 0) is 20.1 Å². The molecule has 3 rings (SSSR count). The zero-order valence-electron chi connectivity index (χ0n) is 17.0. The van der Waals surface area contributed by atoms with Crippen molar-refractivity contribution in [3.05, 3.63) is 46.8 Å². The lowest BCUT2D eigenvalue weighted by Crippen LogP contribution is -2.52. The summed E-state index contributed by atoms with van der Waals surface area (Å²) in [4.78, 5) is 4.99. The molecular formula is C21H32N4O2. The first kappa shape index (κ1) is 19.9. The number of rotatable bonds is 7. The van der Waals surface area contributed by atoms with Crippen LogP contribution in [0, 0.1) is 13.8 Å². The molecule has 27 heavy (non-hydrogen) atoms. The fraction of sp³-hybridized carbons (Fsp3) is 0.571. The molecule has 1 fully saturated rings. The van der Waals surface area contributed by atoms with Crippen molar-refractivity contribution in [2.75, 3.05) is 33.4 Å². The number of piperazine rings is 1. The first-order valence-electron chi connectivity index (χ1n) is 9.70. The fourth-order valence-electron chi connectivity index (χ4n) is 3.95. The van der Waals surface area contributed by atoms with Gasteiger partial charge in [0.25, 0.3) is 0 Å². The van der Waals surface area contributed by atoms with Crippen LogP contribution in [0.3, 0.4) is 0 Å². The van der Waals surface area contributed by atoms with Crippen molar-refractivity contribution in [1.82, 2.24) is 19.6 Å². The first-order chi connectivity index (χ1) is 13.0. The van der Waals surface area contributed by atoms with E-state index in [0.717, 1.165) is 44.9 Å². The van der Waals surface area contributed by atoms with E-state index in [9.17, 15) is 5.11 Å². The van der Waals surface area contributed by atoms with E-state index in [1.54, 1.807) is 7.11 Å². The molecule has 0 bridgehead atoms. The molecule has 1 aromatic carbocycles. The van der Waals surface area contributed by atoms with Crippen molar-refractivity contribution < 1.29 is 9.84 Å². The van der Waals surface area contributed by atoms with Gasteiger partial charge in [0.2, 0.25) is 0 Å². The summed E-state index contributed by atoms with van der Waals surface area (Å²) in [6.07, 6.45) is 2.78. The minimum absolute atomic E-state index is 0.225. The third-order valence-corrected chi connectivity index (χ3v) is 5.73. The second kappa shape index (κ2) is 8.87. The Balaban J connectivity index is 1.65. The summed E-state index contributed by atoms with van der Waals surface area (Å²) in [5.74, 6) is 0.933. The van der Waals surface area contributed by atoms with Crippen LogP contribution in [0.15, 0.2) is 24.4 Å². The topological polar surface area (TPSA) is 53.8 Å². The molecule has 2 aromatic rings. The molecular weight excluding hydrogens is 340 g/mol. The molecule has 1 aliphatic rings. The second-order valence-electron chi connectivity index (χ2n) is 7.55. The minimum Gasteiger partial charge on any atom is -0.496 e. The Morgan fingerprint density at radius 3 is 2.67 bits per heavy atom. The Labute approximate surface area is 162 Å². The Bertz CT molecular complexity index is 759. The van der Waals surface area contributed by atoms with Crippen LogP contribution in [0.25, 0.3) is 0 Å². The monoisotopic (exact) mass is 372 g/mol. The molecule has 0 aliphatic carbocycles. The normalized spacial score (nSPS) is 18.8. The van der Waals surface area contributed by atoms with Crippen LogP contribution in [0.2, 0.25) is 0 Å². The lowest BCUT2D eigenvalue weighted by Gasteiger charge is -2.41. The van der Waals surface area contributed by atoms with Gasteiger partial charge >= 0.3 is 0 Å². The predicted molar refractivity (Wildman–Crippen MR) is 107 cm³/mol. The maximum atomic E-state index is 9.56. The number of aromatic nitrogens is 2. The summed E-state index contributed by atoms with van der Waals surface area (Å²) in [5.41, 5.74) is 4.98. The van der Waals surface area contributed by atoms with Crippen LogP contribution in [0.5, 0.6) is 5.75 Å². The molecule has 1 aliphatic heterocycles. The van der Waals surface area contributed by atoms with Crippen LogP contribution in [0.1, 0.15) is 28.8 Å². The zero-order valence-corrected chi connectivity index (χ0v) is 17.0. The van der Waals surface area contributed by atoms with Crippen LogP contribution >= 0.6 is 0 Å². The van der Waals surface area contributed by atoms with Crippen molar-refractivity contribution in [2.24, 2.45) is 7.05 Å². The molecule has 0 unspecified atom stereocenters. The lowest BCUT2D eigenvalue weighted by atomic mass is 10.0.